The van der Waals surface area contributed by atoms with Crippen LogP contribution in [0.3, 0.4) is 0 Å². The number of nitrogen functional groups attached to an aromatic ring is 1. The van der Waals surface area contributed by atoms with Crippen LogP contribution in [0, 0.1) is 11.6 Å². The molecular formula is C13H10ClF2NO. The van der Waals surface area contributed by atoms with Gasteiger partial charge in [-0.3, -0.25) is 0 Å². The van der Waals surface area contributed by atoms with Crippen LogP contribution in [0.4, 0.5) is 14.5 Å². The van der Waals surface area contributed by atoms with Crippen LogP contribution in [0.5, 0.6) is 5.75 Å². The first-order valence-corrected chi connectivity index (χ1v) is 5.56. The van der Waals surface area contributed by atoms with Crippen LogP contribution < -0.4 is 10.5 Å². The van der Waals surface area contributed by atoms with Crippen molar-refractivity contribution in [2.45, 2.75) is 6.61 Å². The number of rotatable bonds is 3. The maximum atomic E-state index is 13.4. The Kier molecular flexibility index (Phi) is 3.67. The minimum Gasteiger partial charge on any atom is -0.485 e. The molecule has 2 aromatic rings. The predicted molar refractivity (Wildman–Crippen MR) is 66.6 cm³/mol. The van der Waals surface area contributed by atoms with Crippen LogP contribution in [-0.2, 0) is 6.61 Å². The smallest absolute Gasteiger partial charge is 0.161 e. The summed E-state index contributed by atoms with van der Waals surface area (Å²) in [6, 6.07) is 8.06. The number of anilines is 1. The summed E-state index contributed by atoms with van der Waals surface area (Å²) < 4.78 is 31.6. The Morgan fingerprint density at radius 3 is 2.67 bits per heavy atom. The van der Waals surface area contributed by atoms with Crippen LogP contribution in [-0.4, -0.2) is 0 Å². The number of hydrogen-bond donors (Lipinski definition) is 1. The standard InChI is InChI=1S/C13H10ClF2NO/c14-10-2-1-3-12(17)13(10)18-7-8-6-9(15)4-5-11(8)16/h1-6H,7,17H2. The zero-order valence-electron chi connectivity index (χ0n) is 9.29. The van der Waals surface area contributed by atoms with E-state index in [1.807, 2.05) is 0 Å². The highest BCUT2D eigenvalue weighted by Gasteiger charge is 2.09. The summed E-state index contributed by atoms with van der Waals surface area (Å²) in [7, 11) is 0. The summed E-state index contributed by atoms with van der Waals surface area (Å²) in [5.74, 6) is -0.799. The normalized spacial score (nSPS) is 10.4. The van der Waals surface area contributed by atoms with Gasteiger partial charge in [0.1, 0.15) is 18.2 Å². The molecule has 0 radical (unpaired) electrons. The van der Waals surface area contributed by atoms with Gasteiger partial charge in [-0.1, -0.05) is 17.7 Å². The van der Waals surface area contributed by atoms with E-state index in [-0.39, 0.29) is 17.9 Å². The second kappa shape index (κ2) is 5.23. The Hall–Kier alpha value is -1.81. The molecule has 18 heavy (non-hydrogen) atoms. The Labute approximate surface area is 108 Å². The molecule has 0 amide bonds. The van der Waals surface area contributed by atoms with Crippen molar-refractivity contribution in [2.75, 3.05) is 5.73 Å². The van der Waals surface area contributed by atoms with Crippen LogP contribution >= 0.6 is 11.6 Å². The van der Waals surface area contributed by atoms with Gasteiger partial charge in [0.2, 0.25) is 0 Å². The SMILES string of the molecule is Nc1cccc(Cl)c1OCc1cc(F)ccc1F. The molecule has 0 spiro atoms. The molecule has 0 heterocycles. The molecule has 0 fully saturated rings. The van der Waals surface area contributed by atoms with Crippen molar-refractivity contribution < 1.29 is 13.5 Å². The van der Waals surface area contributed by atoms with E-state index in [2.05, 4.69) is 0 Å². The molecule has 94 valence electrons. The van der Waals surface area contributed by atoms with Gasteiger partial charge in [-0.25, -0.2) is 8.78 Å². The first-order valence-electron chi connectivity index (χ1n) is 5.18. The first-order chi connectivity index (χ1) is 8.58. The molecule has 0 aromatic heterocycles. The van der Waals surface area contributed by atoms with E-state index in [9.17, 15) is 8.78 Å². The van der Waals surface area contributed by atoms with Gasteiger partial charge >= 0.3 is 0 Å². The van der Waals surface area contributed by atoms with Gasteiger partial charge in [-0.2, -0.15) is 0 Å². The monoisotopic (exact) mass is 269 g/mol. The minimum absolute atomic E-state index is 0.106. The largest absolute Gasteiger partial charge is 0.485 e. The third-order valence-electron chi connectivity index (χ3n) is 2.38. The lowest BCUT2D eigenvalue weighted by molar-refractivity contribution is 0.301. The molecule has 0 saturated heterocycles. The zero-order valence-corrected chi connectivity index (χ0v) is 10.0. The maximum Gasteiger partial charge on any atom is 0.161 e. The fourth-order valence-corrected chi connectivity index (χ4v) is 1.72. The average molecular weight is 270 g/mol. The fraction of sp³-hybridized carbons (Fsp3) is 0.0769. The predicted octanol–water partition coefficient (Wildman–Crippen LogP) is 3.78. The molecule has 2 aromatic carbocycles. The van der Waals surface area contributed by atoms with Crippen LogP contribution in [0.2, 0.25) is 5.02 Å². The summed E-state index contributed by atoms with van der Waals surface area (Å²) in [6.07, 6.45) is 0. The van der Waals surface area contributed by atoms with Crippen molar-refractivity contribution in [3.8, 4) is 5.75 Å². The molecule has 0 aliphatic rings. The van der Waals surface area contributed by atoms with E-state index in [1.54, 1.807) is 18.2 Å². The average Bonchev–Trinajstić information content (AvgIpc) is 2.33. The summed E-state index contributed by atoms with van der Waals surface area (Å²) in [5, 5.41) is 0.326. The lowest BCUT2D eigenvalue weighted by atomic mass is 10.2. The van der Waals surface area contributed by atoms with E-state index in [0.717, 1.165) is 18.2 Å². The van der Waals surface area contributed by atoms with Gasteiger partial charge in [-0.15, -0.1) is 0 Å². The minimum atomic E-state index is -0.540. The molecule has 0 bridgehead atoms. The topological polar surface area (TPSA) is 35.2 Å². The number of nitrogens with two attached hydrogens (primary N) is 1. The molecule has 0 saturated carbocycles. The van der Waals surface area contributed by atoms with Crippen molar-refractivity contribution in [2.24, 2.45) is 0 Å². The highest BCUT2D eigenvalue weighted by atomic mass is 35.5. The Morgan fingerprint density at radius 2 is 1.94 bits per heavy atom. The third kappa shape index (κ3) is 2.71. The van der Waals surface area contributed by atoms with E-state index in [4.69, 9.17) is 22.1 Å². The van der Waals surface area contributed by atoms with Gasteiger partial charge in [-0.05, 0) is 30.3 Å². The lowest BCUT2D eigenvalue weighted by Gasteiger charge is -2.11. The molecule has 2 nitrogen and oxygen atoms in total. The molecule has 0 aliphatic carbocycles. The third-order valence-corrected chi connectivity index (χ3v) is 2.67. The summed E-state index contributed by atoms with van der Waals surface area (Å²) in [5.41, 5.74) is 6.13. The van der Waals surface area contributed by atoms with Crippen LogP contribution in [0.15, 0.2) is 36.4 Å². The van der Waals surface area contributed by atoms with E-state index >= 15 is 0 Å². The van der Waals surface area contributed by atoms with Crippen molar-refractivity contribution in [3.05, 3.63) is 58.6 Å². The fourth-order valence-electron chi connectivity index (χ4n) is 1.48. The van der Waals surface area contributed by atoms with E-state index in [1.165, 1.54) is 0 Å². The summed E-state index contributed by atoms with van der Waals surface area (Å²) >= 11 is 5.89. The Balaban J connectivity index is 2.19. The number of halogens is 3. The van der Waals surface area contributed by atoms with E-state index < -0.39 is 11.6 Å². The van der Waals surface area contributed by atoms with Gasteiger partial charge in [0.25, 0.3) is 0 Å². The molecule has 0 aliphatic heterocycles. The highest BCUT2D eigenvalue weighted by Crippen LogP contribution is 2.31. The summed E-state index contributed by atoms with van der Waals surface area (Å²) in [4.78, 5) is 0. The molecule has 0 atom stereocenters. The maximum absolute atomic E-state index is 13.4. The molecule has 0 unspecified atom stereocenters. The van der Waals surface area contributed by atoms with Crippen molar-refractivity contribution in [1.82, 2.24) is 0 Å². The summed E-state index contributed by atoms with van der Waals surface area (Å²) in [6.45, 7) is -0.141. The first kappa shape index (κ1) is 12.6. The molecule has 5 heteroatoms. The number of hydrogen-bond acceptors (Lipinski definition) is 2. The van der Waals surface area contributed by atoms with Gasteiger partial charge in [0.05, 0.1) is 10.7 Å². The van der Waals surface area contributed by atoms with Crippen molar-refractivity contribution >= 4 is 17.3 Å². The number of ether oxygens (including phenoxy) is 1. The van der Waals surface area contributed by atoms with E-state index in [0.29, 0.717) is 10.7 Å². The Morgan fingerprint density at radius 1 is 1.17 bits per heavy atom. The van der Waals surface area contributed by atoms with Gasteiger partial charge in [0, 0.05) is 5.56 Å². The van der Waals surface area contributed by atoms with Crippen LogP contribution in [0.1, 0.15) is 5.56 Å². The zero-order chi connectivity index (χ0) is 13.1. The van der Waals surface area contributed by atoms with Gasteiger partial charge in [0.15, 0.2) is 5.75 Å². The van der Waals surface area contributed by atoms with Crippen LogP contribution in [0.25, 0.3) is 0 Å². The molecule has 2 rings (SSSR count). The van der Waals surface area contributed by atoms with Gasteiger partial charge < -0.3 is 10.5 Å². The lowest BCUT2D eigenvalue weighted by Crippen LogP contribution is -2.02. The molecule has 2 N–H and O–H groups in total. The van der Waals surface area contributed by atoms with Crippen molar-refractivity contribution in [3.63, 3.8) is 0 Å². The highest BCUT2D eigenvalue weighted by molar-refractivity contribution is 6.32. The number of benzene rings is 2. The number of para-hydroxylation sites is 1. The van der Waals surface area contributed by atoms with Crippen molar-refractivity contribution in [1.29, 1.82) is 0 Å². The molecular weight excluding hydrogens is 260 g/mol. The Bertz CT molecular complexity index is 555. The quantitative estimate of drug-likeness (QED) is 0.861. The second-order valence-corrected chi connectivity index (χ2v) is 4.09. The second-order valence-electron chi connectivity index (χ2n) is 3.68.